The van der Waals surface area contributed by atoms with Crippen LogP contribution in [-0.2, 0) is 6.42 Å². The Hall–Kier alpha value is -3.64. The van der Waals surface area contributed by atoms with Gasteiger partial charge in [0.15, 0.2) is 0 Å². The summed E-state index contributed by atoms with van der Waals surface area (Å²) in [6, 6.07) is 18.9. The third-order valence-electron chi connectivity index (χ3n) is 5.37. The summed E-state index contributed by atoms with van der Waals surface area (Å²) in [6.07, 6.45) is 2.06. The van der Waals surface area contributed by atoms with Crippen LogP contribution in [0.5, 0.6) is 0 Å². The number of aliphatic imine (C=N–C) groups is 1. The van der Waals surface area contributed by atoms with E-state index in [9.17, 15) is 18.7 Å². The van der Waals surface area contributed by atoms with Gasteiger partial charge in [-0.05, 0) is 53.5 Å². The molecule has 1 heterocycles. The van der Waals surface area contributed by atoms with Crippen molar-refractivity contribution in [2.24, 2.45) is 4.99 Å². The molecule has 32 heavy (non-hydrogen) atoms. The molecular formula is C26H22F2N2O2. The SMILES string of the molecule is O=C(N[C@@H](CO)Cc1ccccc1F)c1ccccc1C1=NCC(c2ccc(F)cc2)=C1. The fourth-order valence-corrected chi connectivity index (χ4v) is 3.69. The molecule has 0 unspecified atom stereocenters. The van der Waals surface area contributed by atoms with E-state index in [-0.39, 0.29) is 30.6 Å². The lowest BCUT2D eigenvalue weighted by atomic mass is 9.99. The van der Waals surface area contributed by atoms with Gasteiger partial charge in [0.25, 0.3) is 5.91 Å². The van der Waals surface area contributed by atoms with Crippen molar-refractivity contribution in [1.29, 1.82) is 0 Å². The second-order valence-corrected chi connectivity index (χ2v) is 7.57. The topological polar surface area (TPSA) is 61.7 Å². The minimum atomic E-state index is -0.636. The maximum atomic E-state index is 14.0. The van der Waals surface area contributed by atoms with Gasteiger partial charge in [-0.1, -0.05) is 48.5 Å². The average Bonchev–Trinajstić information content (AvgIpc) is 3.30. The first-order valence-electron chi connectivity index (χ1n) is 10.3. The van der Waals surface area contributed by atoms with E-state index in [1.54, 1.807) is 42.5 Å². The third-order valence-corrected chi connectivity index (χ3v) is 5.37. The molecule has 162 valence electrons. The number of hydrogen-bond acceptors (Lipinski definition) is 3. The van der Waals surface area contributed by atoms with Crippen LogP contribution < -0.4 is 5.32 Å². The minimum Gasteiger partial charge on any atom is -0.394 e. The Morgan fingerprint density at radius 1 is 1.00 bits per heavy atom. The summed E-state index contributed by atoms with van der Waals surface area (Å²) in [7, 11) is 0. The van der Waals surface area contributed by atoms with Crippen molar-refractivity contribution in [2.75, 3.05) is 13.2 Å². The number of amides is 1. The second kappa shape index (κ2) is 9.66. The highest BCUT2D eigenvalue weighted by Crippen LogP contribution is 2.23. The highest BCUT2D eigenvalue weighted by molar-refractivity contribution is 6.19. The lowest BCUT2D eigenvalue weighted by Gasteiger charge is -2.18. The molecule has 3 aromatic rings. The van der Waals surface area contributed by atoms with Crippen molar-refractivity contribution in [1.82, 2.24) is 5.32 Å². The van der Waals surface area contributed by atoms with E-state index >= 15 is 0 Å². The molecule has 6 heteroatoms. The van der Waals surface area contributed by atoms with E-state index in [2.05, 4.69) is 10.3 Å². The Labute approximate surface area is 185 Å². The smallest absolute Gasteiger partial charge is 0.252 e. The number of carbonyl (C=O) groups is 1. The molecule has 4 rings (SSSR count). The predicted octanol–water partition coefficient (Wildman–Crippen LogP) is 4.18. The Morgan fingerprint density at radius 2 is 1.72 bits per heavy atom. The van der Waals surface area contributed by atoms with Crippen molar-refractivity contribution in [2.45, 2.75) is 12.5 Å². The summed E-state index contributed by atoms with van der Waals surface area (Å²) in [4.78, 5) is 17.6. The maximum absolute atomic E-state index is 14.0. The Kier molecular flexibility index (Phi) is 6.52. The molecule has 2 N–H and O–H groups in total. The summed E-state index contributed by atoms with van der Waals surface area (Å²) in [6.45, 7) is 0.112. The van der Waals surface area contributed by atoms with Crippen LogP contribution in [-0.4, -0.2) is 35.9 Å². The standard InChI is InChI=1S/C26H22F2N2O2/c27-20-11-9-17(10-12-20)19-14-25(29-15-19)22-6-2-3-7-23(22)26(32)30-21(16-31)13-18-5-1-4-8-24(18)28/h1-12,14,21,31H,13,15-16H2,(H,30,32)/t21-/m1/s1. The lowest BCUT2D eigenvalue weighted by molar-refractivity contribution is 0.0916. The molecule has 1 aliphatic heterocycles. The summed E-state index contributed by atoms with van der Waals surface area (Å²) in [5, 5.41) is 12.5. The summed E-state index contributed by atoms with van der Waals surface area (Å²) >= 11 is 0. The highest BCUT2D eigenvalue weighted by atomic mass is 19.1. The average molecular weight is 432 g/mol. The van der Waals surface area contributed by atoms with Crippen molar-refractivity contribution >= 4 is 17.2 Å². The van der Waals surface area contributed by atoms with Crippen LogP contribution in [0.4, 0.5) is 8.78 Å². The molecule has 0 saturated carbocycles. The van der Waals surface area contributed by atoms with Crippen molar-refractivity contribution in [3.05, 3.63) is 113 Å². The van der Waals surface area contributed by atoms with Gasteiger partial charge >= 0.3 is 0 Å². The molecule has 0 radical (unpaired) electrons. The summed E-state index contributed by atoms with van der Waals surface area (Å²) in [5.41, 5.74) is 3.96. The second-order valence-electron chi connectivity index (χ2n) is 7.57. The number of rotatable bonds is 7. The van der Waals surface area contributed by atoms with Gasteiger partial charge in [-0.15, -0.1) is 0 Å². The van der Waals surface area contributed by atoms with E-state index in [1.807, 2.05) is 18.2 Å². The van der Waals surface area contributed by atoms with Crippen LogP contribution in [0.25, 0.3) is 5.57 Å². The Morgan fingerprint density at radius 3 is 2.47 bits per heavy atom. The van der Waals surface area contributed by atoms with Crippen molar-refractivity contribution < 1.29 is 18.7 Å². The van der Waals surface area contributed by atoms with Gasteiger partial charge < -0.3 is 10.4 Å². The molecule has 0 spiro atoms. The first kappa shape index (κ1) is 21.6. The normalized spacial score (nSPS) is 14.0. The fourth-order valence-electron chi connectivity index (χ4n) is 3.69. The van der Waals surface area contributed by atoms with Gasteiger partial charge in [0.05, 0.1) is 24.9 Å². The number of aliphatic hydroxyl groups is 1. The van der Waals surface area contributed by atoms with E-state index in [0.29, 0.717) is 28.9 Å². The number of aliphatic hydroxyl groups excluding tert-OH is 1. The Balaban J connectivity index is 1.53. The maximum Gasteiger partial charge on any atom is 0.252 e. The molecule has 1 amide bonds. The third kappa shape index (κ3) is 4.81. The first-order valence-corrected chi connectivity index (χ1v) is 10.3. The highest BCUT2D eigenvalue weighted by Gasteiger charge is 2.21. The minimum absolute atomic E-state index is 0.173. The van der Waals surface area contributed by atoms with E-state index in [1.165, 1.54) is 18.2 Å². The van der Waals surface area contributed by atoms with Gasteiger partial charge in [-0.3, -0.25) is 9.79 Å². The van der Waals surface area contributed by atoms with Crippen LogP contribution in [0.1, 0.15) is 27.0 Å². The molecule has 0 bridgehead atoms. The molecule has 0 aromatic heterocycles. The van der Waals surface area contributed by atoms with Gasteiger partial charge in [0, 0.05) is 11.1 Å². The molecule has 4 nitrogen and oxygen atoms in total. The van der Waals surface area contributed by atoms with Gasteiger partial charge in [0.1, 0.15) is 11.6 Å². The number of nitrogens with zero attached hydrogens (tertiary/aromatic N) is 1. The number of hydrogen-bond donors (Lipinski definition) is 2. The molecular weight excluding hydrogens is 410 g/mol. The number of benzene rings is 3. The number of carbonyl (C=O) groups excluding carboxylic acids is 1. The van der Waals surface area contributed by atoms with Gasteiger partial charge in [0.2, 0.25) is 0 Å². The zero-order valence-corrected chi connectivity index (χ0v) is 17.3. The zero-order valence-electron chi connectivity index (χ0n) is 17.3. The fraction of sp³-hybridized carbons (Fsp3) is 0.154. The molecule has 0 fully saturated rings. The largest absolute Gasteiger partial charge is 0.394 e. The lowest BCUT2D eigenvalue weighted by Crippen LogP contribution is -2.39. The molecule has 1 aliphatic rings. The summed E-state index contributed by atoms with van der Waals surface area (Å²) < 4.78 is 27.2. The van der Waals surface area contributed by atoms with Crippen molar-refractivity contribution in [3.8, 4) is 0 Å². The monoisotopic (exact) mass is 432 g/mol. The number of halogens is 2. The van der Waals surface area contributed by atoms with Crippen LogP contribution in [0.15, 0.2) is 83.9 Å². The van der Waals surface area contributed by atoms with Gasteiger partial charge in [-0.25, -0.2) is 8.78 Å². The van der Waals surface area contributed by atoms with Crippen LogP contribution in [0.2, 0.25) is 0 Å². The molecule has 1 atom stereocenters. The van der Waals surface area contributed by atoms with Crippen LogP contribution in [0, 0.1) is 11.6 Å². The molecule has 0 aliphatic carbocycles. The predicted molar refractivity (Wildman–Crippen MR) is 121 cm³/mol. The summed E-state index contributed by atoms with van der Waals surface area (Å²) in [5.74, 6) is -1.05. The quantitative estimate of drug-likeness (QED) is 0.588. The molecule has 0 saturated heterocycles. The zero-order chi connectivity index (χ0) is 22.5. The van der Waals surface area contributed by atoms with E-state index < -0.39 is 6.04 Å². The first-order chi connectivity index (χ1) is 15.5. The van der Waals surface area contributed by atoms with E-state index in [4.69, 9.17) is 0 Å². The Bertz CT molecular complexity index is 1190. The van der Waals surface area contributed by atoms with Crippen molar-refractivity contribution in [3.63, 3.8) is 0 Å². The van der Waals surface area contributed by atoms with E-state index in [0.717, 1.165) is 11.1 Å². The van der Waals surface area contributed by atoms with Gasteiger partial charge in [-0.2, -0.15) is 0 Å². The number of allylic oxidation sites excluding steroid dienone is 1. The molecule has 3 aromatic carbocycles. The number of nitrogens with one attached hydrogen (secondary N) is 1. The van der Waals surface area contributed by atoms with Crippen LogP contribution >= 0.6 is 0 Å². The van der Waals surface area contributed by atoms with Crippen LogP contribution in [0.3, 0.4) is 0 Å².